The highest BCUT2D eigenvalue weighted by Crippen LogP contribution is 2.27. The Balaban J connectivity index is 1.51. The fourth-order valence-corrected chi connectivity index (χ4v) is 4.67. The van der Waals surface area contributed by atoms with Crippen molar-refractivity contribution in [3.63, 3.8) is 0 Å². The van der Waals surface area contributed by atoms with Gasteiger partial charge in [-0.3, -0.25) is 9.59 Å². The zero-order valence-electron chi connectivity index (χ0n) is 19.4. The zero-order valence-corrected chi connectivity index (χ0v) is 21.0. The minimum Gasteiger partial charge on any atom is -0.343 e. The van der Waals surface area contributed by atoms with Crippen LogP contribution in [0.5, 0.6) is 0 Å². The number of aromatic nitrogens is 1. The van der Waals surface area contributed by atoms with Crippen molar-refractivity contribution < 1.29 is 9.59 Å². The predicted molar refractivity (Wildman–Crippen MR) is 143 cm³/mol. The van der Waals surface area contributed by atoms with Crippen LogP contribution in [-0.2, 0) is 9.59 Å². The molecular formula is C28H26ClN3O2S. The number of hydrogen-bond donors (Lipinski definition) is 2. The van der Waals surface area contributed by atoms with Gasteiger partial charge in [0.05, 0.1) is 11.6 Å². The molecule has 1 atom stereocenters. The lowest BCUT2D eigenvalue weighted by molar-refractivity contribution is -0.127. The van der Waals surface area contributed by atoms with Gasteiger partial charge in [0.2, 0.25) is 11.8 Å². The van der Waals surface area contributed by atoms with Gasteiger partial charge in [0.1, 0.15) is 6.04 Å². The zero-order chi connectivity index (χ0) is 24.8. The number of rotatable bonds is 8. The number of halogens is 1. The van der Waals surface area contributed by atoms with Crippen LogP contribution in [0.3, 0.4) is 0 Å². The topological polar surface area (TPSA) is 71.1 Å². The van der Waals surface area contributed by atoms with E-state index in [1.165, 1.54) is 11.3 Å². The molecule has 178 valence electrons. The Kier molecular flexibility index (Phi) is 7.95. The number of carbonyl (C=O) groups is 2. The van der Waals surface area contributed by atoms with Crippen molar-refractivity contribution in [1.82, 2.24) is 10.3 Å². The smallest absolute Gasteiger partial charge is 0.248 e. The third-order valence-electron chi connectivity index (χ3n) is 5.65. The van der Waals surface area contributed by atoms with E-state index in [0.717, 1.165) is 22.4 Å². The Morgan fingerprint density at radius 2 is 1.40 bits per heavy atom. The van der Waals surface area contributed by atoms with Crippen molar-refractivity contribution in [3.8, 4) is 11.3 Å². The first kappa shape index (κ1) is 24.6. The molecule has 5 nitrogen and oxygen atoms in total. The molecule has 0 spiro atoms. The van der Waals surface area contributed by atoms with Crippen LogP contribution < -0.4 is 10.6 Å². The SMILES string of the molecule is CC(C)[C@H](NC(=O)C(c1ccccc1)c1ccccc1)C(=O)Nc1nc(-c2ccc(Cl)cc2)cs1. The first-order chi connectivity index (χ1) is 16.9. The van der Waals surface area contributed by atoms with Crippen molar-refractivity contribution in [1.29, 1.82) is 0 Å². The quantitative estimate of drug-likeness (QED) is 0.293. The summed E-state index contributed by atoms with van der Waals surface area (Å²) < 4.78 is 0. The number of carbonyl (C=O) groups excluding carboxylic acids is 2. The summed E-state index contributed by atoms with van der Waals surface area (Å²) in [5.41, 5.74) is 3.40. The second-order valence-electron chi connectivity index (χ2n) is 8.52. The van der Waals surface area contributed by atoms with Crippen LogP contribution >= 0.6 is 22.9 Å². The summed E-state index contributed by atoms with van der Waals surface area (Å²) in [6.07, 6.45) is 0. The molecule has 0 bridgehead atoms. The van der Waals surface area contributed by atoms with E-state index in [2.05, 4.69) is 15.6 Å². The van der Waals surface area contributed by atoms with Crippen LogP contribution in [-0.4, -0.2) is 22.8 Å². The highest BCUT2D eigenvalue weighted by molar-refractivity contribution is 7.14. The van der Waals surface area contributed by atoms with E-state index in [0.29, 0.717) is 10.2 Å². The Morgan fingerprint density at radius 1 is 0.829 bits per heavy atom. The van der Waals surface area contributed by atoms with Gasteiger partial charge in [0, 0.05) is 16.0 Å². The number of nitrogens with zero attached hydrogens (tertiary/aromatic N) is 1. The van der Waals surface area contributed by atoms with Gasteiger partial charge in [0.15, 0.2) is 5.13 Å². The second kappa shape index (κ2) is 11.3. The molecule has 35 heavy (non-hydrogen) atoms. The van der Waals surface area contributed by atoms with Gasteiger partial charge in [-0.05, 0) is 29.2 Å². The molecule has 4 rings (SSSR count). The Morgan fingerprint density at radius 3 is 1.94 bits per heavy atom. The summed E-state index contributed by atoms with van der Waals surface area (Å²) in [6.45, 7) is 3.82. The largest absolute Gasteiger partial charge is 0.343 e. The molecule has 0 aliphatic heterocycles. The molecule has 0 aliphatic rings. The number of anilines is 1. The van der Waals surface area contributed by atoms with Crippen LogP contribution in [0.25, 0.3) is 11.3 Å². The second-order valence-corrected chi connectivity index (χ2v) is 9.81. The van der Waals surface area contributed by atoms with Gasteiger partial charge >= 0.3 is 0 Å². The van der Waals surface area contributed by atoms with Gasteiger partial charge in [-0.1, -0.05) is 98.2 Å². The third-order valence-corrected chi connectivity index (χ3v) is 6.66. The lowest BCUT2D eigenvalue weighted by atomic mass is 9.89. The standard InChI is InChI=1S/C28H26ClN3O2S/c1-18(2)25(27(34)32-28-30-23(17-35-28)19-13-15-22(29)16-14-19)31-26(33)24(20-9-5-3-6-10-20)21-11-7-4-8-12-21/h3-18,24-25H,1-2H3,(H,31,33)(H,30,32,34)/t25-/m0/s1. The molecule has 4 aromatic rings. The van der Waals surface area contributed by atoms with Gasteiger partial charge < -0.3 is 10.6 Å². The number of thiazole rings is 1. The van der Waals surface area contributed by atoms with Crippen LogP contribution in [0, 0.1) is 5.92 Å². The number of amides is 2. The Labute approximate surface area is 214 Å². The monoisotopic (exact) mass is 503 g/mol. The first-order valence-electron chi connectivity index (χ1n) is 11.3. The molecule has 0 aliphatic carbocycles. The molecule has 0 unspecified atom stereocenters. The van der Waals surface area contributed by atoms with Crippen LogP contribution in [0.4, 0.5) is 5.13 Å². The number of nitrogens with one attached hydrogen (secondary N) is 2. The maximum absolute atomic E-state index is 13.5. The lowest BCUT2D eigenvalue weighted by Gasteiger charge is -2.25. The van der Waals surface area contributed by atoms with E-state index in [-0.39, 0.29) is 17.7 Å². The van der Waals surface area contributed by atoms with E-state index in [1.54, 1.807) is 12.1 Å². The van der Waals surface area contributed by atoms with Crippen molar-refractivity contribution in [2.75, 3.05) is 5.32 Å². The lowest BCUT2D eigenvalue weighted by Crippen LogP contribution is -2.48. The Hall–Kier alpha value is -3.48. The molecule has 2 N–H and O–H groups in total. The van der Waals surface area contributed by atoms with Crippen molar-refractivity contribution in [2.24, 2.45) is 5.92 Å². The third kappa shape index (κ3) is 6.15. The van der Waals surface area contributed by atoms with Gasteiger partial charge in [-0.25, -0.2) is 4.98 Å². The fourth-order valence-electron chi connectivity index (χ4n) is 3.83. The van der Waals surface area contributed by atoms with E-state index in [1.807, 2.05) is 92.0 Å². The highest BCUT2D eigenvalue weighted by atomic mass is 35.5. The van der Waals surface area contributed by atoms with Gasteiger partial charge in [-0.15, -0.1) is 11.3 Å². The number of hydrogen-bond acceptors (Lipinski definition) is 4. The molecule has 0 fully saturated rings. The maximum Gasteiger partial charge on any atom is 0.248 e. The summed E-state index contributed by atoms with van der Waals surface area (Å²) >= 11 is 7.31. The van der Waals surface area contributed by atoms with Crippen molar-refractivity contribution in [2.45, 2.75) is 25.8 Å². The van der Waals surface area contributed by atoms with Gasteiger partial charge in [-0.2, -0.15) is 0 Å². The van der Waals surface area contributed by atoms with Crippen LogP contribution in [0.2, 0.25) is 5.02 Å². The molecular weight excluding hydrogens is 478 g/mol. The molecule has 0 saturated carbocycles. The normalized spacial score (nSPS) is 11.9. The summed E-state index contributed by atoms with van der Waals surface area (Å²) in [6, 6.07) is 25.8. The van der Waals surface area contributed by atoms with Crippen LogP contribution in [0.15, 0.2) is 90.3 Å². The minimum absolute atomic E-state index is 0.123. The number of benzene rings is 3. The summed E-state index contributed by atoms with van der Waals surface area (Å²) in [5.74, 6) is -1.17. The summed E-state index contributed by atoms with van der Waals surface area (Å²) in [4.78, 5) is 31.2. The van der Waals surface area contributed by atoms with Gasteiger partial charge in [0.25, 0.3) is 0 Å². The summed E-state index contributed by atoms with van der Waals surface area (Å²) in [5, 5.41) is 8.87. The molecule has 0 saturated heterocycles. The molecule has 1 aromatic heterocycles. The minimum atomic E-state index is -0.722. The molecule has 3 aromatic carbocycles. The molecule has 0 radical (unpaired) electrons. The van der Waals surface area contributed by atoms with E-state index >= 15 is 0 Å². The fraction of sp³-hybridized carbons (Fsp3) is 0.179. The maximum atomic E-state index is 13.5. The molecule has 1 heterocycles. The Bertz CT molecular complexity index is 1240. The molecule has 2 amide bonds. The van der Waals surface area contributed by atoms with Crippen LogP contribution in [0.1, 0.15) is 30.9 Å². The van der Waals surface area contributed by atoms with E-state index in [4.69, 9.17) is 11.6 Å². The van der Waals surface area contributed by atoms with Crippen molar-refractivity contribution >= 4 is 39.9 Å². The average Bonchev–Trinajstić information content (AvgIpc) is 3.32. The first-order valence-corrected chi connectivity index (χ1v) is 12.6. The average molecular weight is 504 g/mol. The molecule has 7 heteroatoms. The van der Waals surface area contributed by atoms with E-state index in [9.17, 15) is 9.59 Å². The van der Waals surface area contributed by atoms with Crippen molar-refractivity contribution in [3.05, 3.63) is 106 Å². The highest BCUT2D eigenvalue weighted by Gasteiger charge is 2.30. The summed E-state index contributed by atoms with van der Waals surface area (Å²) in [7, 11) is 0. The van der Waals surface area contributed by atoms with E-state index < -0.39 is 12.0 Å². The predicted octanol–water partition coefficient (Wildman–Crippen LogP) is 6.37.